The summed E-state index contributed by atoms with van der Waals surface area (Å²) in [5.41, 5.74) is 5.57. The lowest BCUT2D eigenvalue weighted by molar-refractivity contribution is -0.274. The minimum absolute atomic E-state index is 0. The Bertz CT molecular complexity index is 409. The first kappa shape index (κ1) is 17.5. The van der Waals surface area contributed by atoms with E-state index in [9.17, 15) is 18.0 Å². The molecule has 4 nitrogen and oxygen atoms in total. The molecule has 0 aliphatic carbocycles. The number of rotatable bonds is 4. The summed E-state index contributed by atoms with van der Waals surface area (Å²) in [6, 6.07) is 4.45. The number of carbonyl (C=O) groups excluding carboxylic acids is 1. The van der Waals surface area contributed by atoms with Gasteiger partial charge in [-0.1, -0.05) is 0 Å². The molecule has 0 saturated carbocycles. The molecule has 1 amide bonds. The van der Waals surface area contributed by atoms with Crippen LogP contribution in [0.1, 0.15) is 17.3 Å². The van der Waals surface area contributed by atoms with Gasteiger partial charge in [-0.3, -0.25) is 4.79 Å². The number of carbonyl (C=O) groups is 1. The second-order valence-corrected chi connectivity index (χ2v) is 3.68. The molecule has 108 valence electrons. The van der Waals surface area contributed by atoms with E-state index in [4.69, 9.17) is 5.73 Å². The molecule has 1 rings (SSSR count). The van der Waals surface area contributed by atoms with E-state index in [2.05, 4.69) is 10.1 Å². The summed E-state index contributed by atoms with van der Waals surface area (Å²) in [7, 11) is 0. The number of hydrogen-bond acceptors (Lipinski definition) is 3. The van der Waals surface area contributed by atoms with Crippen molar-refractivity contribution in [3.63, 3.8) is 0 Å². The Balaban J connectivity index is 0.00000324. The molecule has 1 atom stereocenters. The first-order chi connectivity index (χ1) is 8.31. The van der Waals surface area contributed by atoms with Crippen molar-refractivity contribution < 1.29 is 22.7 Å². The van der Waals surface area contributed by atoms with Crippen molar-refractivity contribution in [2.75, 3.05) is 6.54 Å². The number of hydrogen-bond donors (Lipinski definition) is 2. The van der Waals surface area contributed by atoms with Gasteiger partial charge < -0.3 is 15.8 Å². The van der Waals surface area contributed by atoms with Gasteiger partial charge in [0.15, 0.2) is 0 Å². The third-order valence-electron chi connectivity index (χ3n) is 2.08. The average molecular weight is 299 g/mol. The Labute approximate surface area is 114 Å². The molecule has 0 saturated heterocycles. The summed E-state index contributed by atoms with van der Waals surface area (Å²) < 4.78 is 39.4. The lowest BCUT2D eigenvalue weighted by Crippen LogP contribution is -2.37. The molecule has 19 heavy (non-hydrogen) atoms. The highest BCUT2D eigenvalue weighted by Crippen LogP contribution is 2.22. The Morgan fingerprint density at radius 2 is 1.89 bits per heavy atom. The number of ether oxygens (including phenoxy) is 1. The fourth-order valence-electron chi connectivity index (χ4n) is 1.17. The molecule has 0 fully saturated rings. The van der Waals surface area contributed by atoms with Crippen LogP contribution in [0.25, 0.3) is 0 Å². The van der Waals surface area contributed by atoms with Crippen molar-refractivity contribution in [3.05, 3.63) is 29.8 Å². The second-order valence-electron chi connectivity index (χ2n) is 3.68. The number of nitrogens with one attached hydrogen (secondary N) is 1. The van der Waals surface area contributed by atoms with Crippen LogP contribution in [-0.2, 0) is 0 Å². The van der Waals surface area contributed by atoms with E-state index in [1.54, 1.807) is 6.92 Å². The SMILES string of the molecule is C[C@@H](CN)NC(=O)c1ccc(OC(F)(F)F)cc1.Cl. The van der Waals surface area contributed by atoms with Gasteiger partial charge in [0.05, 0.1) is 0 Å². The largest absolute Gasteiger partial charge is 0.573 e. The zero-order valence-corrected chi connectivity index (χ0v) is 10.8. The van der Waals surface area contributed by atoms with Gasteiger partial charge in [0, 0.05) is 18.2 Å². The Hall–Kier alpha value is -1.47. The highest BCUT2D eigenvalue weighted by atomic mass is 35.5. The normalized spacial score (nSPS) is 12.3. The van der Waals surface area contributed by atoms with Gasteiger partial charge in [-0.15, -0.1) is 25.6 Å². The van der Waals surface area contributed by atoms with Crippen LogP contribution >= 0.6 is 12.4 Å². The Morgan fingerprint density at radius 3 is 2.32 bits per heavy atom. The lowest BCUT2D eigenvalue weighted by atomic mass is 10.2. The van der Waals surface area contributed by atoms with Gasteiger partial charge in [0.2, 0.25) is 0 Å². The fraction of sp³-hybridized carbons (Fsp3) is 0.364. The molecule has 0 aromatic heterocycles. The monoisotopic (exact) mass is 298 g/mol. The summed E-state index contributed by atoms with van der Waals surface area (Å²) in [5, 5.41) is 2.59. The maximum atomic E-state index is 11.9. The summed E-state index contributed by atoms with van der Waals surface area (Å²) in [4.78, 5) is 11.6. The van der Waals surface area contributed by atoms with E-state index in [1.807, 2.05) is 0 Å². The van der Waals surface area contributed by atoms with Crippen molar-refractivity contribution in [2.24, 2.45) is 5.73 Å². The van der Waals surface area contributed by atoms with Gasteiger partial charge in [0.1, 0.15) is 5.75 Å². The third kappa shape index (κ3) is 6.30. The van der Waals surface area contributed by atoms with Crippen LogP contribution in [0.15, 0.2) is 24.3 Å². The molecule has 0 aliphatic rings. The van der Waals surface area contributed by atoms with Crippen LogP contribution in [0.2, 0.25) is 0 Å². The number of benzene rings is 1. The number of nitrogens with two attached hydrogens (primary N) is 1. The van der Waals surface area contributed by atoms with E-state index >= 15 is 0 Å². The summed E-state index contributed by atoms with van der Waals surface area (Å²) in [6.45, 7) is 2.00. The zero-order chi connectivity index (χ0) is 13.8. The molecule has 0 heterocycles. The number of alkyl halides is 3. The Morgan fingerprint density at radius 1 is 1.37 bits per heavy atom. The highest BCUT2D eigenvalue weighted by molar-refractivity contribution is 5.94. The van der Waals surface area contributed by atoms with Crippen molar-refractivity contribution in [2.45, 2.75) is 19.3 Å². The summed E-state index contributed by atoms with van der Waals surface area (Å²) in [5.74, 6) is -0.766. The van der Waals surface area contributed by atoms with Crippen LogP contribution in [0.4, 0.5) is 13.2 Å². The maximum Gasteiger partial charge on any atom is 0.573 e. The van der Waals surface area contributed by atoms with Gasteiger partial charge in [-0.2, -0.15) is 0 Å². The molecule has 3 N–H and O–H groups in total. The predicted molar refractivity (Wildman–Crippen MR) is 66.4 cm³/mol. The topological polar surface area (TPSA) is 64.3 Å². The van der Waals surface area contributed by atoms with E-state index < -0.39 is 12.3 Å². The van der Waals surface area contributed by atoms with E-state index in [1.165, 1.54) is 12.1 Å². The van der Waals surface area contributed by atoms with E-state index in [-0.39, 0.29) is 36.3 Å². The van der Waals surface area contributed by atoms with Crippen molar-refractivity contribution in [1.29, 1.82) is 0 Å². The number of halogens is 4. The minimum atomic E-state index is -4.74. The lowest BCUT2D eigenvalue weighted by Gasteiger charge is -2.12. The molecule has 0 spiro atoms. The van der Waals surface area contributed by atoms with E-state index in [0.717, 1.165) is 12.1 Å². The smallest absolute Gasteiger partial charge is 0.406 e. The second kappa shape index (κ2) is 7.20. The third-order valence-corrected chi connectivity index (χ3v) is 2.08. The summed E-state index contributed by atoms with van der Waals surface area (Å²) >= 11 is 0. The quantitative estimate of drug-likeness (QED) is 0.894. The average Bonchev–Trinajstić information content (AvgIpc) is 2.27. The first-order valence-corrected chi connectivity index (χ1v) is 5.18. The number of amides is 1. The standard InChI is InChI=1S/C11H13F3N2O2.ClH/c1-7(6-15)16-10(17)8-2-4-9(5-3-8)18-11(12,13)14;/h2-5,7H,6,15H2,1H3,(H,16,17);1H/t7-;/m0./s1. The first-order valence-electron chi connectivity index (χ1n) is 5.18. The van der Waals surface area contributed by atoms with Crippen LogP contribution in [0.3, 0.4) is 0 Å². The summed E-state index contributed by atoms with van der Waals surface area (Å²) in [6.07, 6.45) is -4.74. The molecule has 1 aromatic rings. The van der Waals surface area contributed by atoms with Crippen molar-refractivity contribution in [3.8, 4) is 5.75 Å². The van der Waals surface area contributed by atoms with Crippen molar-refractivity contribution in [1.82, 2.24) is 5.32 Å². The van der Waals surface area contributed by atoms with Gasteiger partial charge >= 0.3 is 6.36 Å². The van der Waals surface area contributed by atoms with Crippen LogP contribution < -0.4 is 15.8 Å². The van der Waals surface area contributed by atoms with Gasteiger partial charge in [-0.25, -0.2) is 0 Å². The van der Waals surface area contributed by atoms with Crippen LogP contribution in [-0.4, -0.2) is 24.9 Å². The minimum Gasteiger partial charge on any atom is -0.406 e. The van der Waals surface area contributed by atoms with Gasteiger partial charge in [0.25, 0.3) is 5.91 Å². The molecule has 0 aliphatic heterocycles. The molecule has 0 radical (unpaired) electrons. The molecule has 0 bridgehead atoms. The fourth-order valence-corrected chi connectivity index (χ4v) is 1.17. The zero-order valence-electron chi connectivity index (χ0n) is 10.0. The van der Waals surface area contributed by atoms with Crippen LogP contribution in [0.5, 0.6) is 5.75 Å². The predicted octanol–water partition coefficient (Wildman–Crippen LogP) is 2.08. The molecular formula is C11H14ClF3N2O2. The van der Waals surface area contributed by atoms with Gasteiger partial charge in [-0.05, 0) is 31.2 Å². The Kier molecular flexibility index (Phi) is 6.64. The molecule has 1 aromatic carbocycles. The maximum absolute atomic E-state index is 11.9. The molecular weight excluding hydrogens is 285 g/mol. The molecule has 0 unspecified atom stereocenters. The highest BCUT2D eigenvalue weighted by Gasteiger charge is 2.31. The van der Waals surface area contributed by atoms with Crippen molar-refractivity contribution >= 4 is 18.3 Å². The van der Waals surface area contributed by atoms with E-state index in [0.29, 0.717) is 0 Å². The van der Waals surface area contributed by atoms with Crippen LogP contribution in [0, 0.1) is 0 Å². The molecule has 8 heteroatoms.